The second kappa shape index (κ2) is 5.93. The molecule has 7 nitrogen and oxygen atoms in total. The van der Waals surface area contributed by atoms with Crippen LogP contribution in [0.5, 0.6) is 5.75 Å². The number of benzene rings is 1. The minimum Gasteiger partial charge on any atom is -0.383 e. The zero-order valence-electron chi connectivity index (χ0n) is 11.7. The minimum atomic E-state index is -3.80. The lowest BCUT2D eigenvalue weighted by Crippen LogP contribution is -2.09. The van der Waals surface area contributed by atoms with Crippen LogP contribution < -0.4 is 4.18 Å². The molecule has 10 heteroatoms. The third kappa shape index (κ3) is 8.02. The highest BCUT2D eigenvalue weighted by Crippen LogP contribution is 2.21. The smallest absolute Gasteiger partial charge is 0.306 e. The molecule has 0 aliphatic rings. The molecule has 0 N–H and O–H groups in total. The van der Waals surface area contributed by atoms with E-state index in [1.165, 1.54) is 18.2 Å². The zero-order chi connectivity index (χ0) is 16.5. The zero-order valence-corrected chi connectivity index (χ0v) is 14.2. The van der Waals surface area contributed by atoms with Crippen molar-refractivity contribution in [2.45, 2.75) is 11.5 Å². The summed E-state index contributed by atoms with van der Waals surface area (Å²) in [5.41, 5.74) is 0.523. The Labute approximate surface area is 124 Å². The van der Waals surface area contributed by atoms with Gasteiger partial charge in [0.15, 0.2) is 19.7 Å². The summed E-state index contributed by atoms with van der Waals surface area (Å²) < 4.78 is 72.2. The van der Waals surface area contributed by atoms with Crippen LogP contribution >= 0.6 is 0 Å². The van der Waals surface area contributed by atoms with Gasteiger partial charge in [-0.2, -0.15) is 8.42 Å². The maximum absolute atomic E-state index is 11.3. The van der Waals surface area contributed by atoms with E-state index in [1.807, 2.05) is 0 Å². The molecule has 0 spiro atoms. The minimum absolute atomic E-state index is 0.114. The summed E-state index contributed by atoms with van der Waals surface area (Å²) in [5.74, 6) is -0.799. The second-order valence-corrected chi connectivity index (χ2v) is 10.8. The Morgan fingerprint density at radius 2 is 1.14 bits per heavy atom. The Hall–Kier alpha value is -1.13. The summed E-state index contributed by atoms with van der Waals surface area (Å²) in [6.45, 7) is 0. The highest BCUT2D eigenvalue weighted by molar-refractivity contribution is 7.90. The fourth-order valence-electron chi connectivity index (χ4n) is 1.72. The van der Waals surface area contributed by atoms with Crippen molar-refractivity contribution in [2.24, 2.45) is 0 Å². The molecule has 21 heavy (non-hydrogen) atoms. The van der Waals surface area contributed by atoms with Crippen LogP contribution in [0.2, 0.25) is 0 Å². The summed E-state index contributed by atoms with van der Waals surface area (Å²) >= 11 is 0. The largest absolute Gasteiger partial charge is 0.383 e. The fourth-order valence-corrected chi connectivity index (χ4v) is 3.71. The average Bonchev–Trinajstić information content (AvgIpc) is 2.06. The van der Waals surface area contributed by atoms with E-state index in [1.54, 1.807) is 0 Å². The van der Waals surface area contributed by atoms with Gasteiger partial charge < -0.3 is 4.18 Å². The lowest BCUT2D eigenvalue weighted by Gasteiger charge is -2.09. The summed E-state index contributed by atoms with van der Waals surface area (Å²) in [4.78, 5) is 0. The van der Waals surface area contributed by atoms with Crippen LogP contribution in [-0.2, 0) is 41.3 Å². The van der Waals surface area contributed by atoms with E-state index in [4.69, 9.17) is 4.18 Å². The summed E-state index contributed by atoms with van der Waals surface area (Å²) in [6, 6.07) is 3.92. The molecule has 0 fully saturated rings. The van der Waals surface area contributed by atoms with Crippen LogP contribution in [0.1, 0.15) is 11.1 Å². The first-order valence-corrected chi connectivity index (χ1v) is 11.5. The molecular weight excluding hydrogens is 340 g/mol. The van der Waals surface area contributed by atoms with Crippen LogP contribution in [-0.4, -0.2) is 44.0 Å². The van der Waals surface area contributed by atoms with E-state index >= 15 is 0 Å². The van der Waals surface area contributed by atoms with E-state index in [2.05, 4.69) is 0 Å². The van der Waals surface area contributed by atoms with E-state index in [0.29, 0.717) is 0 Å². The first-order valence-electron chi connectivity index (χ1n) is 5.61. The van der Waals surface area contributed by atoms with Crippen LogP contribution in [0.25, 0.3) is 0 Å². The highest BCUT2D eigenvalue weighted by Gasteiger charge is 2.13. The Bertz CT molecular complexity index is 707. The molecule has 120 valence electrons. The normalized spacial score (nSPS) is 13.1. The van der Waals surface area contributed by atoms with Crippen molar-refractivity contribution in [3.8, 4) is 5.75 Å². The van der Waals surface area contributed by atoms with Crippen molar-refractivity contribution < 1.29 is 29.4 Å². The molecule has 0 aliphatic heterocycles. The van der Waals surface area contributed by atoms with Crippen molar-refractivity contribution >= 4 is 29.8 Å². The van der Waals surface area contributed by atoms with E-state index in [-0.39, 0.29) is 28.4 Å². The van der Waals surface area contributed by atoms with Crippen molar-refractivity contribution in [3.63, 3.8) is 0 Å². The lowest BCUT2D eigenvalue weighted by molar-refractivity contribution is 0.492. The molecule has 0 atom stereocenters. The Balaban J connectivity index is 3.31. The SMILES string of the molecule is CS(=O)(=O)Cc1cc(CS(C)(=O)=O)cc(OS(C)(=O)=O)c1. The molecule has 0 radical (unpaired) electrons. The molecule has 0 heterocycles. The van der Waals surface area contributed by atoms with Crippen LogP contribution in [0.15, 0.2) is 18.2 Å². The first kappa shape index (κ1) is 17.9. The van der Waals surface area contributed by atoms with Crippen molar-refractivity contribution in [1.82, 2.24) is 0 Å². The molecule has 1 aromatic rings. The second-order valence-electron chi connectivity index (χ2n) is 4.91. The van der Waals surface area contributed by atoms with Gasteiger partial charge in [-0.1, -0.05) is 6.07 Å². The monoisotopic (exact) mass is 356 g/mol. The predicted octanol–water partition coefficient (Wildman–Crippen LogP) is 0.114. The lowest BCUT2D eigenvalue weighted by atomic mass is 10.1. The van der Waals surface area contributed by atoms with Gasteiger partial charge in [-0.05, 0) is 23.3 Å². The predicted molar refractivity (Wildman–Crippen MR) is 79.0 cm³/mol. The van der Waals surface area contributed by atoms with Gasteiger partial charge in [0.25, 0.3) is 0 Å². The van der Waals surface area contributed by atoms with Gasteiger partial charge >= 0.3 is 10.1 Å². The third-order valence-corrected chi connectivity index (χ3v) is 4.34. The summed E-state index contributed by atoms with van der Waals surface area (Å²) in [6.07, 6.45) is 2.88. The maximum Gasteiger partial charge on any atom is 0.306 e. The van der Waals surface area contributed by atoms with E-state index < -0.39 is 29.8 Å². The molecule has 0 aliphatic carbocycles. The van der Waals surface area contributed by atoms with Crippen LogP contribution in [0.3, 0.4) is 0 Å². The van der Waals surface area contributed by atoms with E-state index in [9.17, 15) is 25.3 Å². The maximum atomic E-state index is 11.3. The quantitative estimate of drug-likeness (QED) is 0.665. The molecule has 0 aromatic heterocycles. The fraction of sp³-hybridized carbons (Fsp3) is 0.455. The molecule has 0 saturated heterocycles. The van der Waals surface area contributed by atoms with Crippen molar-refractivity contribution in [2.75, 3.05) is 18.8 Å². The number of rotatable bonds is 6. The van der Waals surface area contributed by atoms with Gasteiger partial charge in [-0.3, -0.25) is 0 Å². The van der Waals surface area contributed by atoms with Gasteiger partial charge in [-0.25, -0.2) is 16.8 Å². The molecule has 0 bridgehead atoms. The topological polar surface area (TPSA) is 112 Å². The standard InChI is InChI=1S/C11H16O7S3/c1-19(12,13)7-9-4-10(8-20(2,14)15)6-11(5-9)18-21(3,16)17/h4-6H,7-8H2,1-3H3. The van der Waals surface area contributed by atoms with E-state index in [0.717, 1.165) is 18.8 Å². The molecule has 0 amide bonds. The number of sulfone groups is 2. The summed E-state index contributed by atoms with van der Waals surface area (Å²) in [5, 5.41) is 0. The molecule has 1 aromatic carbocycles. The van der Waals surface area contributed by atoms with Crippen molar-refractivity contribution in [3.05, 3.63) is 29.3 Å². The highest BCUT2D eigenvalue weighted by atomic mass is 32.2. The molecule has 1 rings (SSSR count). The van der Waals surface area contributed by atoms with Crippen LogP contribution in [0.4, 0.5) is 0 Å². The molecular formula is C11H16O7S3. The Morgan fingerprint density at radius 3 is 1.43 bits per heavy atom. The van der Waals surface area contributed by atoms with Gasteiger partial charge in [0.1, 0.15) is 5.75 Å². The van der Waals surface area contributed by atoms with Crippen LogP contribution in [0, 0.1) is 0 Å². The Morgan fingerprint density at radius 1 is 0.762 bits per heavy atom. The Kier molecular flexibility index (Phi) is 5.06. The summed E-state index contributed by atoms with van der Waals surface area (Å²) in [7, 11) is -10.5. The first-order chi connectivity index (χ1) is 9.23. The van der Waals surface area contributed by atoms with Gasteiger partial charge in [-0.15, -0.1) is 0 Å². The van der Waals surface area contributed by atoms with Gasteiger partial charge in [0.2, 0.25) is 0 Å². The number of hydrogen-bond acceptors (Lipinski definition) is 7. The average molecular weight is 356 g/mol. The van der Waals surface area contributed by atoms with Crippen molar-refractivity contribution in [1.29, 1.82) is 0 Å². The molecule has 0 unspecified atom stereocenters. The third-order valence-electron chi connectivity index (χ3n) is 2.13. The molecule has 0 saturated carbocycles. The number of hydrogen-bond donors (Lipinski definition) is 0. The van der Waals surface area contributed by atoms with Gasteiger partial charge in [0, 0.05) is 12.5 Å². The van der Waals surface area contributed by atoms with Gasteiger partial charge in [0.05, 0.1) is 17.8 Å².